The number of hydrogen-bond donors (Lipinski definition) is 1. The first kappa shape index (κ1) is 17.0. The summed E-state index contributed by atoms with van der Waals surface area (Å²) in [6.45, 7) is 7.50. The highest BCUT2D eigenvalue weighted by Crippen LogP contribution is 2.21. The van der Waals surface area contributed by atoms with Crippen molar-refractivity contribution in [2.24, 2.45) is 0 Å². The summed E-state index contributed by atoms with van der Waals surface area (Å²) in [5.41, 5.74) is 2.92. The van der Waals surface area contributed by atoms with E-state index in [0.717, 1.165) is 16.7 Å². The van der Waals surface area contributed by atoms with Gasteiger partial charge in [0.15, 0.2) is 6.10 Å². The van der Waals surface area contributed by atoms with Crippen molar-refractivity contribution in [1.29, 1.82) is 0 Å². The number of rotatable bonds is 5. The van der Waals surface area contributed by atoms with Crippen molar-refractivity contribution >= 4 is 5.91 Å². The Morgan fingerprint density at radius 1 is 1.09 bits per heavy atom. The fraction of sp³-hybridized carbons (Fsp3) is 0.316. The number of benzene rings is 2. The van der Waals surface area contributed by atoms with Crippen molar-refractivity contribution in [3.05, 3.63) is 65.0 Å². The van der Waals surface area contributed by atoms with Crippen molar-refractivity contribution in [2.75, 3.05) is 0 Å². The maximum atomic E-state index is 12.9. The zero-order valence-corrected chi connectivity index (χ0v) is 13.9. The van der Waals surface area contributed by atoms with E-state index < -0.39 is 6.10 Å². The van der Waals surface area contributed by atoms with Crippen molar-refractivity contribution in [3.8, 4) is 5.75 Å². The number of ether oxygens (including phenoxy) is 1. The Labute approximate surface area is 136 Å². The number of halogens is 1. The molecule has 2 aromatic carbocycles. The van der Waals surface area contributed by atoms with Crippen LogP contribution in [0.5, 0.6) is 5.75 Å². The Bertz CT molecular complexity index is 682. The second-order valence-electron chi connectivity index (χ2n) is 5.81. The molecule has 0 spiro atoms. The monoisotopic (exact) mass is 315 g/mol. The van der Waals surface area contributed by atoms with Gasteiger partial charge in [-0.3, -0.25) is 4.79 Å². The smallest absolute Gasteiger partial charge is 0.261 e. The van der Waals surface area contributed by atoms with E-state index in [1.807, 2.05) is 39.0 Å². The predicted octanol–water partition coefficient (Wildman–Crippen LogP) is 4.09. The molecule has 0 fully saturated rings. The summed E-state index contributed by atoms with van der Waals surface area (Å²) in [6, 6.07) is 11.8. The molecular formula is C19H22FNO2. The summed E-state index contributed by atoms with van der Waals surface area (Å²) in [4.78, 5) is 12.3. The molecule has 2 unspecified atom stereocenters. The van der Waals surface area contributed by atoms with Crippen LogP contribution < -0.4 is 10.1 Å². The van der Waals surface area contributed by atoms with E-state index in [4.69, 9.17) is 4.74 Å². The summed E-state index contributed by atoms with van der Waals surface area (Å²) >= 11 is 0. The normalized spacial score (nSPS) is 13.3. The average molecular weight is 315 g/mol. The molecule has 0 saturated carbocycles. The Hall–Kier alpha value is -2.36. The van der Waals surface area contributed by atoms with Crippen molar-refractivity contribution in [3.63, 3.8) is 0 Å². The van der Waals surface area contributed by atoms with E-state index in [0.29, 0.717) is 5.75 Å². The van der Waals surface area contributed by atoms with E-state index in [-0.39, 0.29) is 17.8 Å². The highest BCUT2D eigenvalue weighted by atomic mass is 19.1. The number of aryl methyl sites for hydroxylation is 2. The third kappa shape index (κ3) is 4.55. The zero-order chi connectivity index (χ0) is 17.0. The van der Waals surface area contributed by atoms with Gasteiger partial charge in [-0.05, 0) is 62.6 Å². The van der Waals surface area contributed by atoms with E-state index in [9.17, 15) is 9.18 Å². The molecule has 0 aromatic heterocycles. The lowest BCUT2D eigenvalue weighted by Gasteiger charge is -2.20. The summed E-state index contributed by atoms with van der Waals surface area (Å²) in [6.07, 6.45) is -0.613. The van der Waals surface area contributed by atoms with Crippen LogP contribution in [0.4, 0.5) is 4.39 Å². The Balaban J connectivity index is 1.99. The Kier molecular flexibility index (Phi) is 5.37. The lowest BCUT2D eigenvalue weighted by molar-refractivity contribution is -0.127. The first-order valence-corrected chi connectivity index (χ1v) is 7.66. The molecule has 2 aromatic rings. The van der Waals surface area contributed by atoms with Crippen LogP contribution in [0.25, 0.3) is 0 Å². The van der Waals surface area contributed by atoms with Gasteiger partial charge in [-0.15, -0.1) is 0 Å². The molecule has 1 N–H and O–H groups in total. The summed E-state index contributed by atoms with van der Waals surface area (Å²) in [7, 11) is 0. The quantitative estimate of drug-likeness (QED) is 0.902. The lowest BCUT2D eigenvalue weighted by Crippen LogP contribution is -2.37. The molecule has 0 radical (unpaired) electrons. The molecule has 0 aliphatic heterocycles. The average Bonchev–Trinajstić information content (AvgIpc) is 2.51. The molecule has 0 bridgehead atoms. The second kappa shape index (κ2) is 7.27. The van der Waals surface area contributed by atoms with Gasteiger partial charge in [0.2, 0.25) is 0 Å². The van der Waals surface area contributed by atoms with Crippen molar-refractivity contribution in [2.45, 2.75) is 39.8 Å². The topological polar surface area (TPSA) is 38.3 Å². The first-order chi connectivity index (χ1) is 10.9. The van der Waals surface area contributed by atoms with Crippen LogP contribution in [-0.2, 0) is 4.79 Å². The van der Waals surface area contributed by atoms with Crippen LogP contribution in [0.3, 0.4) is 0 Å². The maximum Gasteiger partial charge on any atom is 0.261 e. The summed E-state index contributed by atoms with van der Waals surface area (Å²) < 4.78 is 18.7. The van der Waals surface area contributed by atoms with E-state index in [1.54, 1.807) is 19.1 Å². The number of carbonyl (C=O) groups excluding carboxylic acids is 1. The molecule has 2 atom stereocenters. The number of carbonyl (C=O) groups is 1. The Morgan fingerprint density at radius 2 is 1.74 bits per heavy atom. The molecule has 4 heteroatoms. The van der Waals surface area contributed by atoms with Gasteiger partial charge in [-0.2, -0.15) is 0 Å². The van der Waals surface area contributed by atoms with Crippen LogP contribution in [0, 0.1) is 19.7 Å². The van der Waals surface area contributed by atoms with Gasteiger partial charge < -0.3 is 10.1 Å². The molecule has 1 amide bonds. The molecular weight excluding hydrogens is 293 g/mol. The van der Waals surface area contributed by atoms with Gasteiger partial charge in [-0.1, -0.05) is 24.3 Å². The van der Waals surface area contributed by atoms with Crippen LogP contribution in [0.15, 0.2) is 42.5 Å². The summed E-state index contributed by atoms with van der Waals surface area (Å²) in [5, 5.41) is 2.88. The highest BCUT2D eigenvalue weighted by molar-refractivity contribution is 5.81. The minimum absolute atomic E-state index is 0.206. The van der Waals surface area contributed by atoms with Gasteiger partial charge in [0.05, 0.1) is 6.04 Å². The minimum atomic E-state index is -0.613. The third-order valence-electron chi connectivity index (χ3n) is 3.75. The lowest BCUT2D eigenvalue weighted by atomic mass is 10.1. The second-order valence-corrected chi connectivity index (χ2v) is 5.81. The van der Waals surface area contributed by atoms with Crippen LogP contribution in [0.2, 0.25) is 0 Å². The first-order valence-electron chi connectivity index (χ1n) is 7.66. The number of hydrogen-bond acceptors (Lipinski definition) is 2. The van der Waals surface area contributed by atoms with Crippen LogP contribution in [-0.4, -0.2) is 12.0 Å². The summed E-state index contributed by atoms with van der Waals surface area (Å²) in [5.74, 6) is 0.212. The molecule has 122 valence electrons. The fourth-order valence-corrected chi connectivity index (χ4v) is 2.24. The van der Waals surface area contributed by atoms with E-state index in [2.05, 4.69) is 5.32 Å². The minimum Gasteiger partial charge on any atom is -0.481 e. The largest absolute Gasteiger partial charge is 0.481 e. The SMILES string of the molecule is Cc1ccc(C)c(OC(C)C(=O)NC(C)c2ccc(F)cc2)c1. The Morgan fingerprint density at radius 3 is 2.39 bits per heavy atom. The van der Waals surface area contributed by atoms with Gasteiger partial charge in [-0.25, -0.2) is 4.39 Å². The van der Waals surface area contributed by atoms with Gasteiger partial charge in [0, 0.05) is 0 Å². The highest BCUT2D eigenvalue weighted by Gasteiger charge is 2.18. The third-order valence-corrected chi connectivity index (χ3v) is 3.75. The van der Waals surface area contributed by atoms with Crippen molar-refractivity contribution < 1.29 is 13.9 Å². The molecule has 3 nitrogen and oxygen atoms in total. The molecule has 0 heterocycles. The van der Waals surface area contributed by atoms with E-state index >= 15 is 0 Å². The molecule has 0 aliphatic carbocycles. The number of amides is 1. The predicted molar refractivity (Wildman–Crippen MR) is 89.0 cm³/mol. The van der Waals surface area contributed by atoms with Gasteiger partial charge in [0.1, 0.15) is 11.6 Å². The standard InChI is InChI=1S/C19H22FNO2/c1-12-5-6-13(2)18(11-12)23-15(4)19(22)21-14(3)16-7-9-17(20)10-8-16/h5-11,14-15H,1-4H3,(H,21,22). The van der Waals surface area contributed by atoms with Crippen LogP contribution in [0.1, 0.15) is 36.6 Å². The zero-order valence-electron chi connectivity index (χ0n) is 13.9. The molecule has 0 saturated heterocycles. The maximum absolute atomic E-state index is 12.9. The number of nitrogens with one attached hydrogen (secondary N) is 1. The molecule has 2 rings (SSSR count). The molecule has 23 heavy (non-hydrogen) atoms. The van der Waals surface area contributed by atoms with Gasteiger partial charge in [0.25, 0.3) is 5.91 Å². The van der Waals surface area contributed by atoms with Crippen LogP contribution >= 0.6 is 0 Å². The molecule has 0 aliphatic rings. The fourth-order valence-electron chi connectivity index (χ4n) is 2.24. The van der Waals surface area contributed by atoms with E-state index in [1.165, 1.54) is 12.1 Å². The van der Waals surface area contributed by atoms with Crippen molar-refractivity contribution in [1.82, 2.24) is 5.32 Å². The van der Waals surface area contributed by atoms with Gasteiger partial charge >= 0.3 is 0 Å².